The van der Waals surface area contributed by atoms with Gasteiger partial charge in [0.05, 0.1) is 11.0 Å². The number of halogens is 3. The predicted molar refractivity (Wildman–Crippen MR) is 292 cm³/mol. The average Bonchev–Trinajstić information content (AvgIpc) is 3.89. The topological polar surface area (TPSA) is 4.93 Å². The molecule has 1 nitrogen and oxygen atoms in total. The summed E-state index contributed by atoms with van der Waals surface area (Å²) in [5, 5.41) is 2.53. The average molecular weight is 1080 g/mol. The fourth-order valence-corrected chi connectivity index (χ4v) is 10.5. The van der Waals surface area contributed by atoms with E-state index in [9.17, 15) is 0 Å². The van der Waals surface area contributed by atoms with Crippen LogP contribution in [0.15, 0.2) is 252 Å². The zero-order valence-electron chi connectivity index (χ0n) is 35.4. The summed E-state index contributed by atoms with van der Waals surface area (Å²) in [5.41, 5.74) is 19.3. The van der Waals surface area contributed by atoms with Gasteiger partial charge < -0.3 is 4.57 Å². The van der Waals surface area contributed by atoms with E-state index in [0.29, 0.717) is 0 Å². The lowest BCUT2D eigenvalue weighted by Crippen LogP contribution is -1.93. The molecule has 0 saturated carbocycles. The molecule has 0 radical (unpaired) electrons. The molecule has 12 rings (SSSR count). The van der Waals surface area contributed by atoms with Gasteiger partial charge in [0.25, 0.3) is 0 Å². The van der Waals surface area contributed by atoms with Gasteiger partial charge in [-0.25, -0.2) is 0 Å². The lowest BCUT2D eigenvalue weighted by Gasteiger charge is -2.09. The summed E-state index contributed by atoms with van der Waals surface area (Å²) in [5.74, 6) is 0. The molecule has 0 bridgehead atoms. The molecule has 1 aromatic heterocycles. The summed E-state index contributed by atoms with van der Waals surface area (Å²) in [7, 11) is 0. The van der Waals surface area contributed by atoms with E-state index in [1.807, 2.05) is 12.1 Å². The summed E-state index contributed by atoms with van der Waals surface area (Å²) in [6.45, 7) is 0. The van der Waals surface area contributed by atoms with Crippen molar-refractivity contribution in [2.75, 3.05) is 0 Å². The zero-order valence-corrected chi connectivity index (χ0v) is 40.7. The monoisotopic (exact) mass is 1070 g/mol. The van der Waals surface area contributed by atoms with E-state index >= 15 is 0 Å². The molecule has 0 amide bonds. The molecule has 0 atom stereocenters. The minimum atomic E-state index is 1.04. The highest BCUT2D eigenvalue weighted by atomic mass is 127. The molecule has 10 aromatic carbocycles. The van der Waals surface area contributed by atoms with Gasteiger partial charge in [0.1, 0.15) is 0 Å². The van der Waals surface area contributed by atoms with Crippen molar-refractivity contribution in [2.45, 2.75) is 6.42 Å². The first-order valence-corrected chi connectivity index (χ1v) is 24.3. The maximum absolute atomic E-state index is 3.65. The Balaban J connectivity index is 0.000000134. The fraction of sp³-hybridized carbons (Fsp3) is 0.0164. The third kappa shape index (κ3) is 9.44. The molecule has 1 aliphatic carbocycles. The Bertz CT molecular complexity index is 3220. The Morgan fingerprint density at radius 1 is 0.323 bits per heavy atom. The second-order valence-electron chi connectivity index (χ2n) is 16.1. The molecule has 0 spiro atoms. The number of fused-ring (bicyclic) bond motifs is 6. The first kappa shape index (κ1) is 42.6. The van der Waals surface area contributed by atoms with Crippen LogP contribution in [0, 0.1) is 3.57 Å². The van der Waals surface area contributed by atoms with Crippen molar-refractivity contribution in [2.24, 2.45) is 0 Å². The molecule has 1 aliphatic rings. The smallest absolute Gasteiger partial charge is 0.0541 e. The van der Waals surface area contributed by atoms with Gasteiger partial charge in [-0.1, -0.05) is 202 Å². The van der Waals surface area contributed by atoms with E-state index in [0.717, 1.165) is 21.1 Å². The Labute approximate surface area is 411 Å². The van der Waals surface area contributed by atoms with Crippen LogP contribution >= 0.6 is 54.5 Å². The van der Waals surface area contributed by atoms with Crippen LogP contribution < -0.4 is 0 Å². The lowest BCUT2D eigenvalue weighted by molar-refractivity contribution is 1.18. The SMILES string of the molecule is Brc1cccc(-n2c3ccc(-c4ccccc4)cc3c3cc(-c4ccccc4)ccc32)c1.Brc1cccc(I)c1.c1ccc(-c2ccc3c(c2)-c2cc(-c4ccccc4)ccc2C3)cc1. The van der Waals surface area contributed by atoms with Crippen molar-refractivity contribution in [1.82, 2.24) is 4.57 Å². The minimum absolute atomic E-state index is 1.04. The second-order valence-corrected chi connectivity index (χ2v) is 19.2. The van der Waals surface area contributed by atoms with Crippen LogP contribution in [0.4, 0.5) is 0 Å². The van der Waals surface area contributed by atoms with E-state index < -0.39 is 0 Å². The molecule has 1 heterocycles. The van der Waals surface area contributed by atoms with E-state index in [-0.39, 0.29) is 0 Å². The van der Waals surface area contributed by atoms with Crippen molar-refractivity contribution in [3.8, 4) is 61.3 Å². The number of nitrogens with zero attached hydrogens (tertiary/aromatic N) is 1. The normalized spacial score (nSPS) is 11.2. The molecule has 0 aliphatic heterocycles. The Hall–Kier alpha value is -6.31. The van der Waals surface area contributed by atoms with Crippen LogP contribution in [0.5, 0.6) is 0 Å². The Morgan fingerprint density at radius 3 is 1.09 bits per heavy atom. The van der Waals surface area contributed by atoms with Crippen molar-refractivity contribution in [3.63, 3.8) is 0 Å². The molecule has 65 heavy (non-hydrogen) atoms. The molecule has 312 valence electrons. The van der Waals surface area contributed by atoms with Gasteiger partial charge in [-0.05, 0) is 169 Å². The standard InChI is InChI=1S/C30H20BrN.C25H18.C6H4BrI/c31-25-12-7-13-26(20-25)32-29-16-14-23(21-8-3-1-4-9-21)18-27(29)28-19-24(15-17-30(28)32)22-10-5-2-6-11-22;1-3-7-18(8-4-1)20-11-13-22-15-23-14-12-21(17-25(23)24(22)16-20)19-9-5-2-6-10-19;7-5-2-1-3-6(8)4-5/h1-20H;1-14,16-17H,15H2;1-4H. The minimum Gasteiger partial charge on any atom is -0.309 e. The van der Waals surface area contributed by atoms with Crippen LogP contribution in [-0.4, -0.2) is 4.57 Å². The summed E-state index contributed by atoms with van der Waals surface area (Å²) in [4.78, 5) is 0. The first-order valence-electron chi connectivity index (χ1n) is 21.7. The number of hydrogen-bond donors (Lipinski definition) is 0. The van der Waals surface area contributed by atoms with Gasteiger partial charge in [-0.2, -0.15) is 0 Å². The Morgan fingerprint density at radius 2 is 0.708 bits per heavy atom. The van der Waals surface area contributed by atoms with Gasteiger partial charge in [0.15, 0.2) is 0 Å². The Kier molecular flexibility index (Phi) is 12.7. The highest BCUT2D eigenvalue weighted by Gasteiger charge is 2.20. The molecule has 11 aromatic rings. The third-order valence-corrected chi connectivity index (χ3v) is 13.6. The highest BCUT2D eigenvalue weighted by Crippen LogP contribution is 2.41. The van der Waals surface area contributed by atoms with Crippen molar-refractivity contribution >= 4 is 76.3 Å². The maximum Gasteiger partial charge on any atom is 0.0541 e. The second kappa shape index (κ2) is 19.4. The van der Waals surface area contributed by atoms with Crippen molar-refractivity contribution < 1.29 is 0 Å². The van der Waals surface area contributed by atoms with Gasteiger partial charge in [0.2, 0.25) is 0 Å². The van der Waals surface area contributed by atoms with Crippen LogP contribution in [0.25, 0.3) is 83.1 Å². The third-order valence-electron chi connectivity index (χ3n) is 11.9. The van der Waals surface area contributed by atoms with Gasteiger partial charge in [-0.3, -0.25) is 0 Å². The lowest BCUT2D eigenvalue weighted by atomic mass is 9.96. The van der Waals surface area contributed by atoms with E-state index in [2.05, 4.69) is 290 Å². The molecule has 0 N–H and O–H groups in total. The summed E-state index contributed by atoms with van der Waals surface area (Å²) < 4.78 is 5.84. The van der Waals surface area contributed by atoms with Gasteiger partial charge in [0, 0.05) is 29.0 Å². The largest absolute Gasteiger partial charge is 0.309 e. The predicted octanol–water partition coefficient (Wildman–Crippen LogP) is 18.5. The number of rotatable bonds is 5. The van der Waals surface area contributed by atoms with Crippen LogP contribution in [0.2, 0.25) is 0 Å². The first-order chi connectivity index (χ1) is 31.9. The number of aromatic nitrogens is 1. The summed E-state index contributed by atoms with van der Waals surface area (Å²) in [6, 6.07) is 86.5. The van der Waals surface area contributed by atoms with Crippen molar-refractivity contribution in [1.29, 1.82) is 0 Å². The fourth-order valence-electron chi connectivity index (χ4n) is 8.79. The molecular weight excluding hydrogens is 1030 g/mol. The van der Waals surface area contributed by atoms with Crippen LogP contribution in [0.1, 0.15) is 11.1 Å². The van der Waals surface area contributed by atoms with Gasteiger partial charge in [-0.15, -0.1) is 0 Å². The maximum atomic E-state index is 3.65. The summed E-state index contributed by atoms with van der Waals surface area (Å²) in [6.07, 6.45) is 1.04. The number of benzene rings is 10. The molecule has 4 heteroatoms. The summed E-state index contributed by atoms with van der Waals surface area (Å²) >= 11 is 9.28. The molecule has 0 unspecified atom stereocenters. The van der Waals surface area contributed by atoms with Gasteiger partial charge >= 0.3 is 0 Å². The zero-order chi connectivity index (χ0) is 44.1. The van der Waals surface area contributed by atoms with Crippen LogP contribution in [-0.2, 0) is 6.42 Å². The molecule has 0 saturated heterocycles. The van der Waals surface area contributed by atoms with E-state index in [4.69, 9.17) is 0 Å². The van der Waals surface area contributed by atoms with Crippen molar-refractivity contribution in [3.05, 3.63) is 266 Å². The number of hydrogen-bond acceptors (Lipinski definition) is 0. The van der Waals surface area contributed by atoms with Crippen LogP contribution in [0.3, 0.4) is 0 Å². The molecule has 0 fully saturated rings. The van der Waals surface area contributed by atoms with E-state index in [1.165, 1.54) is 92.1 Å². The quantitative estimate of drug-likeness (QED) is 0.151. The highest BCUT2D eigenvalue weighted by molar-refractivity contribution is 14.1. The van der Waals surface area contributed by atoms with E-state index in [1.54, 1.807) is 0 Å². The molecular formula is C61H42Br2IN.